The fourth-order valence-electron chi connectivity index (χ4n) is 2.42. The highest BCUT2D eigenvalue weighted by molar-refractivity contribution is 6.00. The molecule has 1 aliphatic carbocycles. The molecular formula is C17H12FNO2. The number of ketones is 1. The molecule has 4 heteroatoms. The minimum Gasteiger partial charge on any atom is -0.489 e. The predicted molar refractivity (Wildman–Crippen MR) is 74.5 cm³/mol. The molecule has 0 bridgehead atoms. The third-order valence-electron chi connectivity index (χ3n) is 3.58. The molecule has 0 spiro atoms. The second kappa shape index (κ2) is 5.37. The first-order chi connectivity index (χ1) is 10.2. The van der Waals surface area contributed by atoms with E-state index in [0.717, 1.165) is 17.5 Å². The molecule has 0 N–H and O–H groups in total. The molecule has 0 unspecified atom stereocenters. The summed E-state index contributed by atoms with van der Waals surface area (Å²) in [6, 6.07) is 11.5. The van der Waals surface area contributed by atoms with Crippen molar-refractivity contribution < 1.29 is 13.9 Å². The summed E-state index contributed by atoms with van der Waals surface area (Å²) in [5.41, 5.74) is 2.42. The van der Waals surface area contributed by atoms with Crippen LogP contribution in [-0.2, 0) is 13.0 Å². The molecule has 0 saturated heterocycles. The van der Waals surface area contributed by atoms with E-state index in [1.165, 1.54) is 6.07 Å². The zero-order chi connectivity index (χ0) is 14.8. The third kappa shape index (κ3) is 2.63. The van der Waals surface area contributed by atoms with Crippen LogP contribution in [0.2, 0.25) is 0 Å². The van der Waals surface area contributed by atoms with Gasteiger partial charge in [-0.3, -0.25) is 4.79 Å². The van der Waals surface area contributed by atoms with Crippen molar-refractivity contribution in [1.82, 2.24) is 0 Å². The topological polar surface area (TPSA) is 50.1 Å². The van der Waals surface area contributed by atoms with E-state index in [4.69, 9.17) is 10.00 Å². The number of benzene rings is 2. The van der Waals surface area contributed by atoms with Gasteiger partial charge in [-0.25, -0.2) is 4.39 Å². The normalized spacial score (nSPS) is 12.9. The molecule has 0 amide bonds. The van der Waals surface area contributed by atoms with Crippen LogP contribution in [-0.4, -0.2) is 5.78 Å². The first-order valence-electron chi connectivity index (χ1n) is 6.65. The summed E-state index contributed by atoms with van der Waals surface area (Å²) in [5.74, 6) is 0.326. The third-order valence-corrected chi connectivity index (χ3v) is 3.58. The Kier molecular flexibility index (Phi) is 3.41. The van der Waals surface area contributed by atoms with Crippen LogP contribution in [0.25, 0.3) is 0 Å². The summed E-state index contributed by atoms with van der Waals surface area (Å²) in [6.45, 7) is 0.0876. The number of carbonyl (C=O) groups excluding carboxylic acids is 1. The molecule has 104 valence electrons. The van der Waals surface area contributed by atoms with Gasteiger partial charge in [0.15, 0.2) is 5.78 Å². The molecule has 3 rings (SSSR count). The summed E-state index contributed by atoms with van der Waals surface area (Å²) >= 11 is 0. The second-order valence-electron chi connectivity index (χ2n) is 4.95. The molecule has 2 aromatic carbocycles. The van der Waals surface area contributed by atoms with E-state index < -0.39 is 5.82 Å². The van der Waals surface area contributed by atoms with E-state index in [1.54, 1.807) is 24.3 Å². The van der Waals surface area contributed by atoms with E-state index in [1.807, 2.05) is 12.1 Å². The largest absolute Gasteiger partial charge is 0.489 e. The molecule has 3 nitrogen and oxygen atoms in total. The van der Waals surface area contributed by atoms with Crippen LogP contribution in [0.15, 0.2) is 36.4 Å². The number of carbonyl (C=O) groups is 1. The van der Waals surface area contributed by atoms with E-state index in [-0.39, 0.29) is 18.0 Å². The van der Waals surface area contributed by atoms with Gasteiger partial charge in [0, 0.05) is 17.5 Å². The fraction of sp³-hybridized carbons (Fsp3) is 0.176. The lowest BCUT2D eigenvalue weighted by Gasteiger charge is -2.08. The van der Waals surface area contributed by atoms with Gasteiger partial charge >= 0.3 is 0 Å². The van der Waals surface area contributed by atoms with Gasteiger partial charge in [-0.05, 0) is 42.3 Å². The first-order valence-corrected chi connectivity index (χ1v) is 6.65. The van der Waals surface area contributed by atoms with Gasteiger partial charge in [0.2, 0.25) is 0 Å². The number of rotatable bonds is 3. The number of hydrogen-bond acceptors (Lipinski definition) is 3. The molecule has 0 radical (unpaired) electrons. The van der Waals surface area contributed by atoms with E-state index in [9.17, 15) is 9.18 Å². The number of nitrogens with zero attached hydrogens (tertiary/aromatic N) is 1. The number of halogens is 1. The minimum absolute atomic E-state index is 0.0876. The number of ether oxygens (including phenoxy) is 1. The van der Waals surface area contributed by atoms with Gasteiger partial charge in [0.05, 0.1) is 11.6 Å². The number of fused-ring (bicyclic) bond motifs is 1. The predicted octanol–water partition coefficient (Wildman–Crippen LogP) is 3.41. The number of nitriles is 1. The van der Waals surface area contributed by atoms with E-state index >= 15 is 0 Å². The zero-order valence-corrected chi connectivity index (χ0v) is 11.2. The Labute approximate surface area is 121 Å². The van der Waals surface area contributed by atoms with Gasteiger partial charge in [-0.2, -0.15) is 5.26 Å². The van der Waals surface area contributed by atoms with Crippen molar-refractivity contribution in [2.75, 3.05) is 0 Å². The van der Waals surface area contributed by atoms with E-state index in [0.29, 0.717) is 17.7 Å². The Bertz CT molecular complexity index is 762. The Morgan fingerprint density at radius 2 is 2.05 bits per heavy atom. The number of aryl methyl sites for hydroxylation is 1. The lowest BCUT2D eigenvalue weighted by atomic mass is 10.1. The molecule has 0 aliphatic heterocycles. The van der Waals surface area contributed by atoms with Crippen LogP contribution >= 0.6 is 0 Å². The highest BCUT2D eigenvalue weighted by atomic mass is 19.1. The number of Topliss-reactive ketones (excluding diaryl/α,β-unsaturated/α-hetero) is 1. The van der Waals surface area contributed by atoms with Crippen molar-refractivity contribution in [2.24, 2.45) is 0 Å². The molecule has 0 aromatic heterocycles. The van der Waals surface area contributed by atoms with Crippen molar-refractivity contribution in [3.8, 4) is 11.8 Å². The van der Waals surface area contributed by atoms with Crippen LogP contribution in [0.5, 0.6) is 5.75 Å². The molecule has 0 saturated carbocycles. The Hall–Kier alpha value is -2.67. The summed E-state index contributed by atoms with van der Waals surface area (Å²) in [4.78, 5) is 11.5. The van der Waals surface area contributed by atoms with Crippen LogP contribution in [0, 0.1) is 17.1 Å². The molecule has 0 heterocycles. The molecule has 0 atom stereocenters. The maximum Gasteiger partial charge on any atom is 0.163 e. The summed E-state index contributed by atoms with van der Waals surface area (Å²) < 4.78 is 19.3. The first kappa shape index (κ1) is 13.3. The van der Waals surface area contributed by atoms with Crippen LogP contribution in [0.1, 0.15) is 33.5 Å². The molecule has 2 aromatic rings. The lowest BCUT2D eigenvalue weighted by Crippen LogP contribution is -2.00. The highest BCUT2D eigenvalue weighted by Gasteiger charge is 2.19. The van der Waals surface area contributed by atoms with Crippen LogP contribution in [0.4, 0.5) is 4.39 Å². The van der Waals surface area contributed by atoms with Crippen LogP contribution < -0.4 is 4.74 Å². The monoisotopic (exact) mass is 281 g/mol. The Balaban J connectivity index is 1.74. The van der Waals surface area contributed by atoms with Crippen LogP contribution in [0.3, 0.4) is 0 Å². The average molecular weight is 281 g/mol. The van der Waals surface area contributed by atoms with Crippen molar-refractivity contribution >= 4 is 5.78 Å². The quantitative estimate of drug-likeness (QED) is 0.866. The highest BCUT2D eigenvalue weighted by Crippen LogP contribution is 2.26. The van der Waals surface area contributed by atoms with Gasteiger partial charge in [-0.15, -0.1) is 0 Å². The maximum atomic E-state index is 13.7. The van der Waals surface area contributed by atoms with Gasteiger partial charge in [0.1, 0.15) is 18.2 Å². The summed E-state index contributed by atoms with van der Waals surface area (Å²) in [5, 5.41) is 8.70. The molecule has 1 aliphatic rings. The Morgan fingerprint density at radius 3 is 2.81 bits per heavy atom. The van der Waals surface area contributed by atoms with Crippen molar-refractivity contribution in [2.45, 2.75) is 19.4 Å². The summed E-state index contributed by atoms with van der Waals surface area (Å²) in [7, 11) is 0. The molecule has 0 fully saturated rings. The maximum absolute atomic E-state index is 13.7. The van der Waals surface area contributed by atoms with E-state index in [2.05, 4.69) is 0 Å². The Morgan fingerprint density at radius 1 is 1.19 bits per heavy atom. The lowest BCUT2D eigenvalue weighted by molar-refractivity contribution is 0.0994. The summed E-state index contributed by atoms with van der Waals surface area (Å²) in [6.07, 6.45) is 1.28. The van der Waals surface area contributed by atoms with Crippen molar-refractivity contribution in [1.29, 1.82) is 5.26 Å². The van der Waals surface area contributed by atoms with Crippen molar-refractivity contribution in [3.63, 3.8) is 0 Å². The number of hydrogen-bond donors (Lipinski definition) is 0. The average Bonchev–Trinajstić information content (AvgIpc) is 2.87. The van der Waals surface area contributed by atoms with Gasteiger partial charge in [-0.1, -0.05) is 6.07 Å². The second-order valence-corrected chi connectivity index (χ2v) is 4.95. The zero-order valence-electron chi connectivity index (χ0n) is 11.2. The molecular weight excluding hydrogens is 269 g/mol. The smallest absolute Gasteiger partial charge is 0.163 e. The van der Waals surface area contributed by atoms with Gasteiger partial charge in [0.25, 0.3) is 0 Å². The SMILES string of the molecule is N#Cc1ccc(COc2ccc3c(c2)CCC3=O)c(F)c1. The fourth-order valence-corrected chi connectivity index (χ4v) is 2.42. The van der Waals surface area contributed by atoms with Gasteiger partial charge < -0.3 is 4.74 Å². The molecule has 21 heavy (non-hydrogen) atoms. The minimum atomic E-state index is -0.453. The standard InChI is InChI=1S/C17H12FNO2/c18-16-7-11(9-19)1-2-13(16)10-21-14-4-5-15-12(8-14)3-6-17(15)20/h1-2,4-5,7-8H,3,6,10H2. The van der Waals surface area contributed by atoms with Crippen molar-refractivity contribution in [3.05, 3.63) is 64.5 Å².